The zero-order valence-corrected chi connectivity index (χ0v) is 13.7. The number of rotatable bonds is 9. The van der Waals surface area contributed by atoms with Crippen molar-refractivity contribution in [2.24, 2.45) is 0 Å². The minimum absolute atomic E-state index is 0.173. The van der Waals surface area contributed by atoms with E-state index < -0.39 is 9.84 Å². The molecular formula is C16H25NO3S. The van der Waals surface area contributed by atoms with Crippen molar-refractivity contribution >= 4 is 21.3 Å². The summed E-state index contributed by atoms with van der Waals surface area (Å²) >= 11 is 0. The number of nitrogens with two attached hydrogens (primary N) is 1. The van der Waals surface area contributed by atoms with Crippen molar-refractivity contribution in [1.29, 1.82) is 0 Å². The highest BCUT2D eigenvalue weighted by molar-refractivity contribution is 7.91. The first kappa shape index (κ1) is 17.7. The van der Waals surface area contributed by atoms with Crippen molar-refractivity contribution in [3.8, 4) is 0 Å². The van der Waals surface area contributed by atoms with Crippen molar-refractivity contribution < 1.29 is 13.2 Å². The standard InChI is InChI=1S/C16H25NO3S/c1-13(2)21(19,20)10-5-3-4-9-16(18)12-14-7-6-8-15(17)11-14/h6-8,11,13H,3-5,9-10,12,17H2,1-2H3. The molecule has 0 fully saturated rings. The molecule has 1 rings (SSSR count). The van der Waals surface area contributed by atoms with E-state index in [1.807, 2.05) is 18.2 Å². The number of hydrogen-bond acceptors (Lipinski definition) is 4. The third-order valence-electron chi connectivity index (χ3n) is 3.46. The summed E-state index contributed by atoms with van der Waals surface area (Å²) in [6.07, 6.45) is 3.04. The molecule has 1 aromatic carbocycles. The Kier molecular flexibility index (Phi) is 6.89. The highest BCUT2D eigenvalue weighted by atomic mass is 32.2. The normalized spacial score (nSPS) is 11.8. The van der Waals surface area contributed by atoms with Crippen molar-refractivity contribution in [3.05, 3.63) is 29.8 Å². The Bertz CT molecular complexity index is 565. The van der Waals surface area contributed by atoms with Crippen LogP contribution in [0.4, 0.5) is 5.69 Å². The Morgan fingerprint density at radius 1 is 1.19 bits per heavy atom. The summed E-state index contributed by atoms with van der Waals surface area (Å²) in [5.41, 5.74) is 7.27. The number of unbranched alkanes of at least 4 members (excludes halogenated alkanes) is 2. The first-order valence-corrected chi connectivity index (χ1v) is 9.10. The van der Waals surface area contributed by atoms with Gasteiger partial charge >= 0.3 is 0 Å². The Balaban J connectivity index is 2.23. The summed E-state index contributed by atoms with van der Waals surface area (Å²) in [5, 5.41) is -0.317. The molecule has 0 radical (unpaired) electrons. The number of benzene rings is 1. The van der Waals surface area contributed by atoms with Crippen LogP contribution in [0.1, 0.15) is 45.1 Å². The predicted molar refractivity (Wildman–Crippen MR) is 87.0 cm³/mol. The number of hydrogen-bond donors (Lipinski definition) is 1. The molecule has 0 aliphatic heterocycles. The van der Waals surface area contributed by atoms with Crippen LogP contribution in [-0.2, 0) is 21.1 Å². The molecule has 0 saturated heterocycles. The molecule has 4 nitrogen and oxygen atoms in total. The Morgan fingerprint density at radius 3 is 2.52 bits per heavy atom. The van der Waals surface area contributed by atoms with Gasteiger partial charge in [-0.1, -0.05) is 18.6 Å². The molecule has 1 aromatic rings. The molecule has 0 spiro atoms. The van der Waals surface area contributed by atoms with Crippen LogP contribution in [0, 0.1) is 0 Å². The van der Waals surface area contributed by atoms with E-state index in [4.69, 9.17) is 5.73 Å². The summed E-state index contributed by atoms with van der Waals surface area (Å²) in [7, 11) is -2.95. The first-order valence-electron chi connectivity index (χ1n) is 7.39. The molecule has 0 heterocycles. The molecule has 0 aromatic heterocycles. The van der Waals surface area contributed by atoms with E-state index >= 15 is 0 Å². The van der Waals surface area contributed by atoms with Crippen LogP contribution < -0.4 is 5.73 Å². The van der Waals surface area contributed by atoms with Gasteiger partial charge in [-0.15, -0.1) is 0 Å². The Hall–Kier alpha value is -1.36. The monoisotopic (exact) mass is 311 g/mol. The van der Waals surface area contributed by atoms with Gasteiger partial charge in [0.05, 0.1) is 11.0 Å². The molecule has 0 amide bonds. The smallest absolute Gasteiger partial charge is 0.152 e. The van der Waals surface area contributed by atoms with Crippen LogP contribution >= 0.6 is 0 Å². The Morgan fingerprint density at radius 2 is 1.90 bits per heavy atom. The number of ketones is 1. The highest BCUT2D eigenvalue weighted by Gasteiger charge is 2.15. The average molecular weight is 311 g/mol. The Labute approximate surface area is 127 Å². The maximum atomic E-state index is 11.8. The lowest BCUT2D eigenvalue weighted by Crippen LogP contribution is -2.17. The first-order chi connectivity index (χ1) is 9.81. The molecular weight excluding hydrogens is 286 g/mol. The minimum atomic E-state index is -2.95. The van der Waals surface area contributed by atoms with Gasteiger partial charge in [0.15, 0.2) is 9.84 Å². The van der Waals surface area contributed by atoms with Gasteiger partial charge < -0.3 is 5.73 Å². The van der Waals surface area contributed by atoms with Gasteiger partial charge in [-0.2, -0.15) is 0 Å². The second kappa shape index (κ2) is 8.17. The minimum Gasteiger partial charge on any atom is -0.399 e. The van der Waals surface area contributed by atoms with Crippen molar-refractivity contribution in [2.45, 2.75) is 51.2 Å². The number of anilines is 1. The van der Waals surface area contributed by atoms with E-state index in [1.165, 1.54) is 0 Å². The number of sulfone groups is 1. The quantitative estimate of drug-likeness (QED) is 0.562. The van der Waals surface area contributed by atoms with Crippen molar-refractivity contribution in [1.82, 2.24) is 0 Å². The second-order valence-corrected chi connectivity index (χ2v) is 8.36. The summed E-state index contributed by atoms with van der Waals surface area (Å²) < 4.78 is 23.2. The molecule has 21 heavy (non-hydrogen) atoms. The van der Waals surface area contributed by atoms with Gasteiger partial charge in [-0.3, -0.25) is 4.79 Å². The largest absolute Gasteiger partial charge is 0.399 e. The lowest BCUT2D eigenvalue weighted by Gasteiger charge is -2.07. The van der Waals surface area contributed by atoms with Crippen LogP contribution in [0.15, 0.2) is 24.3 Å². The fourth-order valence-electron chi connectivity index (χ4n) is 2.06. The number of carbonyl (C=O) groups excluding carboxylic acids is 1. The van der Waals surface area contributed by atoms with E-state index in [0.29, 0.717) is 24.9 Å². The van der Waals surface area contributed by atoms with Gasteiger partial charge in [-0.25, -0.2) is 8.42 Å². The van der Waals surface area contributed by atoms with Crippen LogP contribution in [-0.4, -0.2) is 25.2 Å². The van der Waals surface area contributed by atoms with Crippen LogP contribution in [0.2, 0.25) is 0 Å². The summed E-state index contributed by atoms with van der Waals surface area (Å²) in [4.78, 5) is 11.8. The summed E-state index contributed by atoms with van der Waals surface area (Å²) in [6.45, 7) is 3.40. The SMILES string of the molecule is CC(C)S(=O)(=O)CCCCCC(=O)Cc1cccc(N)c1. The number of nitrogen functional groups attached to an aromatic ring is 1. The molecule has 0 bridgehead atoms. The van der Waals surface area contributed by atoms with E-state index in [1.54, 1.807) is 19.9 Å². The van der Waals surface area contributed by atoms with Gasteiger partial charge in [0.1, 0.15) is 5.78 Å². The van der Waals surface area contributed by atoms with Crippen molar-refractivity contribution in [2.75, 3.05) is 11.5 Å². The fourth-order valence-corrected chi connectivity index (χ4v) is 3.13. The van der Waals surface area contributed by atoms with Crippen molar-refractivity contribution in [3.63, 3.8) is 0 Å². The zero-order valence-electron chi connectivity index (χ0n) is 12.8. The highest BCUT2D eigenvalue weighted by Crippen LogP contribution is 2.11. The van der Waals surface area contributed by atoms with Gasteiger partial charge in [-0.05, 0) is 44.4 Å². The average Bonchev–Trinajstić information content (AvgIpc) is 2.38. The number of Topliss-reactive ketones (excluding diaryl/α,β-unsaturated/α-hetero) is 1. The van der Waals surface area contributed by atoms with E-state index in [2.05, 4.69) is 0 Å². The summed E-state index contributed by atoms with van der Waals surface area (Å²) in [5.74, 6) is 0.390. The van der Waals surface area contributed by atoms with Gasteiger partial charge in [0.2, 0.25) is 0 Å². The lowest BCUT2D eigenvalue weighted by molar-refractivity contribution is -0.118. The third-order valence-corrected chi connectivity index (χ3v) is 5.75. The van der Waals surface area contributed by atoms with E-state index in [9.17, 15) is 13.2 Å². The van der Waals surface area contributed by atoms with Crippen LogP contribution in [0.3, 0.4) is 0 Å². The molecule has 0 atom stereocenters. The third kappa shape index (κ3) is 6.76. The van der Waals surface area contributed by atoms with Crippen LogP contribution in [0.5, 0.6) is 0 Å². The summed E-state index contributed by atoms with van der Waals surface area (Å²) in [6, 6.07) is 7.34. The van der Waals surface area contributed by atoms with Gasteiger partial charge in [0, 0.05) is 18.5 Å². The number of carbonyl (C=O) groups is 1. The molecule has 0 aliphatic rings. The zero-order chi connectivity index (χ0) is 15.9. The maximum Gasteiger partial charge on any atom is 0.152 e. The molecule has 0 aliphatic carbocycles. The van der Waals surface area contributed by atoms with Crippen LogP contribution in [0.25, 0.3) is 0 Å². The topological polar surface area (TPSA) is 77.2 Å². The molecule has 5 heteroatoms. The molecule has 0 unspecified atom stereocenters. The predicted octanol–water partition coefficient (Wildman–Crippen LogP) is 2.76. The van der Waals surface area contributed by atoms with Gasteiger partial charge in [0.25, 0.3) is 0 Å². The van der Waals surface area contributed by atoms with E-state index in [0.717, 1.165) is 18.4 Å². The molecule has 118 valence electrons. The molecule has 2 N–H and O–H groups in total. The second-order valence-electron chi connectivity index (χ2n) is 5.69. The fraction of sp³-hybridized carbons (Fsp3) is 0.562. The van der Waals surface area contributed by atoms with E-state index in [-0.39, 0.29) is 16.8 Å². The lowest BCUT2D eigenvalue weighted by atomic mass is 10.0. The molecule has 0 saturated carbocycles. The maximum absolute atomic E-state index is 11.8.